The van der Waals surface area contributed by atoms with Crippen molar-refractivity contribution in [2.45, 2.75) is 239 Å². The zero-order valence-corrected chi connectivity index (χ0v) is 40.2. The van der Waals surface area contributed by atoms with Crippen LogP contribution in [0.2, 0.25) is 0 Å². The van der Waals surface area contributed by atoms with Gasteiger partial charge in [0.2, 0.25) is 17.8 Å². The van der Waals surface area contributed by atoms with E-state index in [1.165, 1.54) is 25.7 Å². The van der Waals surface area contributed by atoms with Gasteiger partial charge in [0.15, 0.2) is 0 Å². The summed E-state index contributed by atoms with van der Waals surface area (Å²) >= 11 is 0. The Kier molecular flexibility index (Phi) is 31.3. The highest BCUT2D eigenvalue weighted by atomic mass is 16.7. The molecule has 0 bridgehead atoms. The highest BCUT2D eigenvalue weighted by molar-refractivity contribution is 5.88. The van der Waals surface area contributed by atoms with E-state index in [2.05, 4.69) is 56.1 Å². The number of nitrogens with two attached hydrogens (primary N) is 1. The van der Waals surface area contributed by atoms with Crippen LogP contribution in [-0.2, 0) is 23.8 Å². The van der Waals surface area contributed by atoms with Crippen LogP contribution in [0, 0.1) is 0 Å². The first kappa shape index (κ1) is 56.7. The van der Waals surface area contributed by atoms with E-state index in [9.17, 15) is 19.8 Å². The van der Waals surface area contributed by atoms with Gasteiger partial charge in [0.25, 0.3) is 6.29 Å². The number of aliphatic hydroxyl groups excluding tert-OH is 2. The first-order valence-corrected chi connectivity index (χ1v) is 24.5. The fourth-order valence-electron chi connectivity index (χ4n) is 8.54. The lowest BCUT2D eigenvalue weighted by Gasteiger charge is -2.56. The Morgan fingerprint density at radius 1 is 0.629 bits per heavy atom. The van der Waals surface area contributed by atoms with Gasteiger partial charge in [-0.1, -0.05) is 195 Å². The van der Waals surface area contributed by atoms with Gasteiger partial charge in [0, 0.05) is 11.1 Å². The number of esters is 2. The Labute approximate surface area is 376 Å². The minimum Gasteiger partial charge on any atom is -0.419 e. The van der Waals surface area contributed by atoms with Crippen molar-refractivity contribution in [2.75, 3.05) is 36.0 Å². The maximum absolute atomic E-state index is 13.1. The number of aromatic nitrogens is 3. The summed E-state index contributed by atoms with van der Waals surface area (Å²) in [5, 5.41) is 24.4. The molecular weight excluding hydrogens is 785 g/mol. The smallest absolute Gasteiger partial charge is 0.336 e. The van der Waals surface area contributed by atoms with E-state index >= 15 is 0 Å². The minimum absolute atomic E-state index is 0.0470. The number of nitrogens with zero attached hydrogens (tertiary/aromatic N) is 4. The van der Waals surface area contributed by atoms with Crippen LogP contribution < -0.4 is 16.0 Å². The fraction of sp³-hybridized carbons (Fsp3) is 0.816. The third-order valence-electron chi connectivity index (χ3n) is 12.1. The molecule has 0 aliphatic carbocycles. The van der Waals surface area contributed by atoms with Crippen molar-refractivity contribution >= 4 is 29.8 Å². The maximum atomic E-state index is 13.1. The van der Waals surface area contributed by atoms with Crippen LogP contribution in [0.3, 0.4) is 0 Å². The zero-order valence-electron chi connectivity index (χ0n) is 40.2. The number of rotatable bonds is 41. The molecule has 0 saturated heterocycles. The maximum Gasteiger partial charge on any atom is 0.336 e. The average molecular weight is 875 g/mol. The number of aliphatic hydroxyl groups is 2. The number of hydrogen-bond donors (Lipinski definition) is 4. The van der Waals surface area contributed by atoms with Crippen molar-refractivity contribution in [1.29, 1.82) is 0 Å². The molecule has 1 aromatic heterocycles. The summed E-state index contributed by atoms with van der Waals surface area (Å²) in [5.74, 6) is -1.16. The van der Waals surface area contributed by atoms with Crippen molar-refractivity contribution < 1.29 is 34.0 Å². The molecule has 0 radical (unpaired) electrons. The van der Waals surface area contributed by atoms with Crippen LogP contribution in [0.5, 0.6) is 0 Å². The number of carbonyl (C=O) groups is 2. The highest BCUT2D eigenvalue weighted by Gasteiger charge is 2.55. The molecule has 0 aliphatic heterocycles. The van der Waals surface area contributed by atoms with Gasteiger partial charge in [0.05, 0.1) is 11.1 Å². The van der Waals surface area contributed by atoms with Gasteiger partial charge in [-0.2, -0.15) is 15.0 Å². The Morgan fingerprint density at radius 3 is 1.39 bits per heavy atom. The topological polar surface area (TPSA) is 182 Å². The number of hydrogen-bond acceptors (Lipinski definition) is 13. The molecular formula is C49H90N6O7. The highest BCUT2D eigenvalue weighted by Crippen LogP contribution is 2.49. The Bertz CT molecular complexity index is 1320. The first-order valence-electron chi connectivity index (χ1n) is 24.5. The Hall–Kier alpha value is -3.29. The molecule has 1 aromatic rings. The predicted molar refractivity (Wildman–Crippen MR) is 253 cm³/mol. The number of nitrogens with one attached hydrogen (secondary N) is 1. The molecule has 0 spiro atoms. The Balaban J connectivity index is 4.29. The molecule has 13 heteroatoms. The van der Waals surface area contributed by atoms with Crippen LogP contribution in [0.1, 0.15) is 221 Å². The van der Waals surface area contributed by atoms with Gasteiger partial charge >= 0.3 is 11.9 Å². The van der Waals surface area contributed by atoms with Crippen molar-refractivity contribution in [2.24, 2.45) is 0 Å². The fourth-order valence-corrected chi connectivity index (χ4v) is 8.54. The van der Waals surface area contributed by atoms with Gasteiger partial charge in [-0.25, -0.2) is 9.59 Å². The lowest BCUT2D eigenvalue weighted by atomic mass is 9.66. The molecule has 1 rings (SSSR count). The molecule has 13 nitrogen and oxygen atoms in total. The van der Waals surface area contributed by atoms with Crippen LogP contribution >= 0.6 is 0 Å². The molecule has 358 valence electrons. The van der Waals surface area contributed by atoms with E-state index in [4.69, 9.17) is 24.9 Å². The normalized spacial score (nSPS) is 11.8. The third-order valence-corrected chi connectivity index (χ3v) is 12.1. The quantitative estimate of drug-likeness (QED) is 0.0211. The number of nitrogen functional groups attached to an aromatic ring is 1. The van der Waals surface area contributed by atoms with Crippen molar-refractivity contribution in [3.63, 3.8) is 0 Å². The second-order valence-electron chi connectivity index (χ2n) is 17.4. The molecule has 0 saturated carbocycles. The summed E-state index contributed by atoms with van der Waals surface area (Å²) < 4.78 is 19.0. The van der Waals surface area contributed by atoms with Gasteiger partial charge in [0.1, 0.15) is 20.1 Å². The molecule has 5 N–H and O–H groups in total. The Morgan fingerprint density at radius 2 is 1.02 bits per heavy atom. The molecule has 0 fully saturated rings. The number of unbranched alkanes of at least 4 members (excludes halogenated alkanes) is 20. The van der Waals surface area contributed by atoms with E-state index in [-0.39, 0.29) is 35.6 Å². The van der Waals surface area contributed by atoms with Crippen LogP contribution in [-0.4, -0.2) is 74.6 Å². The molecule has 1 heterocycles. The van der Waals surface area contributed by atoms with Crippen molar-refractivity contribution in [3.05, 3.63) is 24.3 Å². The van der Waals surface area contributed by atoms with Gasteiger partial charge in [-0.05, 0) is 39.5 Å². The lowest BCUT2D eigenvalue weighted by molar-refractivity contribution is -0.213. The minimum atomic E-state index is -1.38. The molecule has 0 amide bonds. The third kappa shape index (κ3) is 21.4. The van der Waals surface area contributed by atoms with Crippen LogP contribution in [0.4, 0.5) is 17.8 Å². The number of anilines is 3. The standard InChI is InChI=1S/C49H90N6O7/c1-9-13-17-21-25-29-33-48(34-30-26-22-18-14-10-2,55(39-57)47-53-45(50)52-46(54-47)51-38-56)49(35-31-27-23-19-15-11-3,36-32-28-24-20-16-12-4)60-37-42(61-43(58)40(5)6)62-44(59)41(7)8/h42,56-57H,5,7,9-39H2,1-4,6,8H3,(H3,50,51,52,53,54). The largest absolute Gasteiger partial charge is 0.419 e. The second kappa shape index (κ2) is 34.2. The molecule has 0 unspecified atom stereocenters. The summed E-state index contributed by atoms with van der Waals surface area (Å²) in [4.78, 5) is 41.7. The van der Waals surface area contributed by atoms with Gasteiger partial charge in [-0.3, -0.25) is 0 Å². The van der Waals surface area contributed by atoms with Gasteiger partial charge < -0.3 is 40.4 Å². The van der Waals surface area contributed by atoms with E-state index in [0.29, 0.717) is 25.7 Å². The summed E-state index contributed by atoms with van der Waals surface area (Å²) in [6, 6.07) is 0. The predicted octanol–water partition coefficient (Wildman–Crippen LogP) is 11.6. The van der Waals surface area contributed by atoms with Crippen LogP contribution in [0.25, 0.3) is 0 Å². The molecule has 0 atom stereocenters. The van der Waals surface area contributed by atoms with E-state index in [0.717, 1.165) is 128 Å². The van der Waals surface area contributed by atoms with Gasteiger partial charge in [-0.15, -0.1) is 0 Å². The van der Waals surface area contributed by atoms with Crippen molar-refractivity contribution in [3.8, 4) is 0 Å². The van der Waals surface area contributed by atoms with Crippen LogP contribution in [0.15, 0.2) is 24.3 Å². The average Bonchev–Trinajstić information content (AvgIpc) is 3.24. The molecule has 0 aliphatic rings. The number of ether oxygens (including phenoxy) is 3. The van der Waals surface area contributed by atoms with E-state index in [1.54, 1.807) is 13.8 Å². The lowest BCUT2D eigenvalue weighted by Crippen LogP contribution is -2.67. The monoisotopic (exact) mass is 875 g/mol. The summed E-state index contributed by atoms with van der Waals surface area (Å²) in [6.45, 7) is 18.4. The zero-order chi connectivity index (χ0) is 46.1. The summed E-state index contributed by atoms with van der Waals surface area (Å²) in [7, 11) is 0. The molecule has 62 heavy (non-hydrogen) atoms. The first-order chi connectivity index (χ1) is 29.9. The number of carbonyl (C=O) groups excluding carboxylic acids is 2. The second-order valence-corrected chi connectivity index (χ2v) is 17.4. The van der Waals surface area contributed by atoms with Crippen molar-refractivity contribution in [1.82, 2.24) is 15.0 Å². The SMILES string of the molecule is C=C(C)C(=O)OC(COC(CCCCCCCC)(CCCCCCCC)C(CCCCCCCC)(CCCCCCCC)N(CO)c1nc(N)nc(NCO)n1)OC(=O)C(=C)C. The summed E-state index contributed by atoms with van der Waals surface area (Å²) in [5.41, 5.74) is 4.80. The van der Waals surface area contributed by atoms with E-state index < -0.39 is 42.8 Å². The molecule has 0 aromatic carbocycles. The summed E-state index contributed by atoms with van der Waals surface area (Å²) in [6.07, 6.45) is 26.8. The van der Waals surface area contributed by atoms with E-state index in [1.807, 2.05) is 4.90 Å².